The molecule has 0 radical (unpaired) electrons. The Bertz CT molecular complexity index is 431. The third-order valence-corrected chi connectivity index (χ3v) is 2.64. The van der Waals surface area contributed by atoms with Crippen LogP contribution >= 0.6 is 0 Å². The SMILES string of the molecule is CN(CCCc1cnn(C)c1)C(=O)C(O)C(F)(F)F. The number of likely N-dealkylation sites (N-methyl/N-ethyl adjacent to an activating group) is 1. The Morgan fingerprint density at radius 2 is 2.21 bits per heavy atom. The maximum atomic E-state index is 12.1. The molecule has 1 amide bonds. The largest absolute Gasteiger partial charge is 0.423 e. The number of hydrogen-bond acceptors (Lipinski definition) is 3. The van der Waals surface area contributed by atoms with E-state index in [1.807, 2.05) is 0 Å². The average Bonchev–Trinajstić information content (AvgIpc) is 2.71. The first-order chi connectivity index (χ1) is 8.71. The van der Waals surface area contributed by atoms with E-state index in [0.29, 0.717) is 12.8 Å². The second kappa shape index (κ2) is 6.05. The van der Waals surface area contributed by atoms with Gasteiger partial charge in [0.2, 0.25) is 6.10 Å². The van der Waals surface area contributed by atoms with Crippen molar-refractivity contribution in [1.29, 1.82) is 0 Å². The van der Waals surface area contributed by atoms with Gasteiger partial charge in [0.05, 0.1) is 6.20 Å². The summed E-state index contributed by atoms with van der Waals surface area (Å²) >= 11 is 0. The van der Waals surface area contributed by atoms with E-state index in [1.165, 1.54) is 7.05 Å². The standard InChI is InChI=1S/C11H16F3N3O2/c1-16(10(19)9(18)11(12,13)14)5-3-4-8-6-15-17(2)7-8/h6-7,9,18H,3-5H2,1-2H3. The zero-order valence-corrected chi connectivity index (χ0v) is 10.7. The summed E-state index contributed by atoms with van der Waals surface area (Å²) in [6.45, 7) is 0.140. The first kappa shape index (κ1) is 15.5. The Morgan fingerprint density at radius 1 is 1.58 bits per heavy atom. The number of aliphatic hydroxyl groups is 1. The molecule has 0 spiro atoms. The quantitative estimate of drug-likeness (QED) is 0.864. The van der Waals surface area contributed by atoms with Gasteiger partial charge in [0.1, 0.15) is 0 Å². The number of hydrogen-bond donors (Lipinski definition) is 1. The Morgan fingerprint density at radius 3 is 2.68 bits per heavy atom. The highest BCUT2D eigenvalue weighted by molar-refractivity contribution is 5.81. The van der Waals surface area contributed by atoms with E-state index < -0.39 is 18.2 Å². The van der Waals surface area contributed by atoms with Crippen molar-refractivity contribution < 1.29 is 23.1 Å². The van der Waals surface area contributed by atoms with Crippen LogP contribution in [0.4, 0.5) is 13.2 Å². The van der Waals surface area contributed by atoms with Gasteiger partial charge in [-0.25, -0.2) is 0 Å². The lowest BCUT2D eigenvalue weighted by Gasteiger charge is -2.21. The zero-order chi connectivity index (χ0) is 14.6. The molecule has 1 heterocycles. The van der Waals surface area contributed by atoms with Crippen LogP contribution in [-0.4, -0.2) is 51.6 Å². The van der Waals surface area contributed by atoms with Gasteiger partial charge in [-0.05, 0) is 18.4 Å². The van der Waals surface area contributed by atoms with Gasteiger partial charge in [0.25, 0.3) is 5.91 Å². The van der Waals surface area contributed by atoms with E-state index >= 15 is 0 Å². The molecule has 0 saturated carbocycles. The normalized spacial score (nSPS) is 13.4. The number of alkyl halides is 3. The molecule has 0 aliphatic carbocycles. The molecular formula is C11H16F3N3O2. The van der Waals surface area contributed by atoms with Crippen molar-refractivity contribution in [3.8, 4) is 0 Å². The van der Waals surface area contributed by atoms with Crippen molar-refractivity contribution in [3.63, 3.8) is 0 Å². The van der Waals surface area contributed by atoms with Crippen LogP contribution in [0.15, 0.2) is 12.4 Å². The fourth-order valence-corrected chi connectivity index (χ4v) is 1.58. The molecule has 0 bridgehead atoms. The van der Waals surface area contributed by atoms with Gasteiger partial charge in [0, 0.05) is 26.8 Å². The van der Waals surface area contributed by atoms with Crippen LogP contribution in [0.25, 0.3) is 0 Å². The van der Waals surface area contributed by atoms with Crippen molar-refractivity contribution in [2.75, 3.05) is 13.6 Å². The first-order valence-electron chi connectivity index (χ1n) is 5.69. The summed E-state index contributed by atoms with van der Waals surface area (Å²) in [7, 11) is 3.00. The van der Waals surface area contributed by atoms with Gasteiger partial charge in [0.15, 0.2) is 0 Å². The summed E-state index contributed by atoms with van der Waals surface area (Å²) in [5, 5.41) is 12.8. The van der Waals surface area contributed by atoms with Crippen molar-refractivity contribution in [2.24, 2.45) is 7.05 Å². The van der Waals surface area contributed by atoms with E-state index in [4.69, 9.17) is 5.11 Å². The lowest BCUT2D eigenvalue weighted by molar-refractivity contribution is -0.210. The molecular weight excluding hydrogens is 263 g/mol. The van der Waals surface area contributed by atoms with Crippen LogP contribution in [0.3, 0.4) is 0 Å². The molecule has 0 aliphatic rings. The number of carbonyl (C=O) groups is 1. The molecule has 8 heteroatoms. The molecule has 108 valence electrons. The van der Waals surface area contributed by atoms with Gasteiger partial charge in [-0.1, -0.05) is 0 Å². The number of aryl methyl sites for hydroxylation is 2. The van der Waals surface area contributed by atoms with Crippen LogP contribution in [-0.2, 0) is 18.3 Å². The maximum absolute atomic E-state index is 12.1. The average molecular weight is 279 g/mol. The van der Waals surface area contributed by atoms with Crippen molar-refractivity contribution >= 4 is 5.91 Å². The highest BCUT2D eigenvalue weighted by Gasteiger charge is 2.44. The molecule has 1 N–H and O–H groups in total. The van der Waals surface area contributed by atoms with Crippen LogP contribution in [0.2, 0.25) is 0 Å². The van der Waals surface area contributed by atoms with E-state index in [-0.39, 0.29) is 6.54 Å². The monoisotopic (exact) mass is 279 g/mol. The summed E-state index contributed by atoms with van der Waals surface area (Å²) in [5.74, 6) is -1.33. The van der Waals surface area contributed by atoms with Crippen molar-refractivity contribution in [2.45, 2.75) is 25.1 Å². The fourth-order valence-electron chi connectivity index (χ4n) is 1.58. The number of carbonyl (C=O) groups excluding carboxylic acids is 1. The molecule has 19 heavy (non-hydrogen) atoms. The predicted octanol–water partition coefficient (Wildman–Crippen LogP) is 0.734. The minimum atomic E-state index is -4.92. The lowest BCUT2D eigenvalue weighted by atomic mass is 10.2. The molecule has 5 nitrogen and oxygen atoms in total. The summed E-state index contributed by atoms with van der Waals surface area (Å²) in [6, 6.07) is 0. The Balaban J connectivity index is 2.39. The fraction of sp³-hybridized carbons (Fsp3) is 0.636. The van der Waals surface area contributed by atoms with Gasteiger partial charge >= 0.3 is 6.18 Å². The Kier molecular flexibility index (Phi) is 4.93. The summed E-state index contributed by atoms with van der Waals surface area (Å²) in [6.07, 6.45) is -3.31. The van der Waals surface area contributed by atoms with Crippen LogP contribution in [0.1, 0.15) is 12.0 Å². The smallest absolute Gasteiger partial charge is 0.376 e. The molecule has 0 fully saturated rings. The topological polar surface area (TPSA) is 58.4 Å². The highest BCUT2D eigenvalue weighted by Crippen LogP contribution is 2.21. The van der Waals surface area contributed by atoms with Crippen molar-refractivity contribution in [1.82, 2.24) is 14.7 Å². The number of rotatable bonds is 5. The second-order valence-electron chi connectivity index (χ2n) is 4.33. The lowest BCUT2D eigenvalue weighted by Crippen LogP contribution is -2.45. The van der Waals surface area contributed by atoms with Crippen LogP contribution in [0, 0.1) is 0 Å². The number of aromatic nitrogens is 2. The van der Waals surface area contributed by atoms with Crippen LogP contribution < -0.4 is 0 Å². The minimum absolute atomic E-state index is 0.140. The second-order valence-corrected chi connectivity index (χ2v) is 4.33. The third-order valence-electron chi connectivity index (χ3n) is 2.64. The Hall–Kier alpha value is -1.57. The summed E-state index contributed by atoms with van der Waals surface area (Å²) in [4.78, 5) is 12.2. The predicted molar refractivity (Wildman–Crippen MR) is 61.2 cm³/mol. The number of amides is 1. The van der Waals surface area contributed by atoms with E-state index in [0.717, 1.165) is 10.5 Å². The highest BCUT2D eigenvalue weighted by atomic mass is 19.4. The Labute approximate surface area is 108 Å². The summed E-state index contributed by atoms with van der Waals surface area (Å²) in [5.41, 5.74) is 0.944. The first-order valence-corrected chi connectivity index (χ1v) is 5.69. The molecule has 1 rings (SSSR count). The van der Waals surface area contributed by atoms with Gasteiger partial charge in [-0.3, -0.25) is 9.48 Å². The maximum Gasteiger partial charge on any atom is 0.423 e. The molecule has 1 aromatic heterocycles. The molecule has 1 unspecified atom stereocenters. The molecule has 0 aliphatic heterocycles. The van der Waals surface area contributed by atoms with E-state index in [9.17, 15) is 18.0 Å². The number of halogens is 3. The minimum Gasteiger partial charge on any atom is -0.376 e. The molecule has 0 saturated heterocycles. The summed E-state index contributed by atoms with van der Waals surface area (Å²) < 4.78 is 38.0. The molecule has 1 atom stereocenters. The molecule has 0 aromatic carbocycles. The number of aliphatic hydroxyl groups excluding tert-OH is 1. The third kappa shape index (κ3) is 4.55. The number of nitrogens with zero attached hydrogens (tertiary/aromatic N) is 3. The van der Waals surface area contributed by atoms with E-state index in [2.05, 4.69) is 5.10 Å². The van der Waals surface area contributed by atoms with Crippen LogP contribution in [0.5, 0.6) is 0 Å². The van der Waals surface area contributed by atoms with Gasteiger partial charge < -0.3 is 10.0 Å². The molecule has 1 aromatic rings. The van der Waals surface area contributed by atoms with Crippen molar-refractivity contribution in [3.05, 3.63) is 18.0 Å². The van der Waals surface area contributed by atoms with Gasteiger partial charge in [-0.2, -0.15) is 18.3 Å². The zero-order valence-electron chi connectivity index (χ0n) is 10.7. The van der Waals surface area contributed by atoms with Gasteiger partial charge in [-0.15, -0.1) is 0 Å². The van der Waals surface area contributed by atoms with E-state index in [1.54, 1.807) is 24.1 Å².